The van der Waals surface area contributed by atoms with Gasteiger partial charge in [0.05, 0.1) is 6.10 Å². The first-order chi connectivity index (χ1) is 10.3. The van der Waals surface area contributed by atoms with E-state index in [-0.39, 0.29) is 0 Å². The second-order valence-electron chi connectivity index (χ2n) is 7.27. The van der Waals surface area contributed by atoms with Gasteiger partial charge in [-0.2, -0.15) is 23.5 Å². The summed E-state index contributed by atoms with van der Waals surface area (Å²) in [5, 5.41) is 5.94. The summed E-state index contributed by atoms with van der Waals surface area (Å²) in [7, 11) is 0. The number of fused-ring (bicyclic) bond motifs is 1. The molecule has 0 amide bonds. The maximum Gasteiger partial charge on any atom is 0.0661 e. The third kappa shape index (κ3) is 2.58. The topological polar surface area (TPSA) is 21.3 Å². The number of hydrogen-bond acceptors (Lipinski definition) is 4. The third-order valence-corrected chi connectivity index (χ3v) is 9.66. The Bertz CT molecular complexity index is 372. The van der Waals surface area contributed by atoms with E-state index in [0.29, 0.717) is 11.5 Å². The Morgan fingerprint density at radius 3 is 2.76 bits per heavy atom. The van der Waals surface area contributed by atoms with Crippen molar-refractivity contribution >= 4 is 23.5 Å². The minimum Gasteiger partial charge on any atom is -0.378 e. The largest absolute Gasteiger partial charge is 0.378 e. The lowest BCUT2D eigenvalue weighted by Crippen LogP contribution is -2.65. The van der Waals surface area contributed by atoms with Crippen molar-refractivity contribution in [3.8, 4) is 0 Å². The van der Waals surface area contributed by atoms with Crippen LogP contribution in [0.1, 0.15) is 51.9 Å². The van der Waals surface area contributed by atoms with Gasteiger partial charge in [-0.1, -0.05) is 12.8 Å². The van der Waals surface area contributed by atoms with Crippen LogP contribution >= 0.6 is 23.5 Å². The van der Waals surface area contributed by atoms with E-state index in [4.69, 9.17) is 4.74 Å². The first-order valence-electron chi connectivity index (χ1n) is 8.94. The number of nitrogens with one attached hydrogen (secondary N) is 1. The van der Waals surface area contributed by atoms with Gasteiger partial charge < -0.3 is 10.1 Å². The molecular weight excluding hydrogens is 298 g/mol. The molecule has 3 aliphatic carbocycles. The number of hydrogen-bond donors (Lipinski definition) is 1. The van der Waals surface area contributed by atoms with Gasteiger partial charge in [0.15, 0.2) is 0 Å². The van der Waals surface area contributed by atoms with Crippen LogP contribution in [0.15, 0.2) is 0 Å². The van der Waals surface area contributed by atoms with E-state index in [0.717, 1.165) is 29.2 Å². The monoisotopic (exact) mass is 327 g/mol. The first-order valence-corrected chi connectivity index (χ1v) is 11.0. The molecule has 4 rings (SSSR count). The lowest BCUT2D eigenvalue weighted by Gasteiger charge is -2.55. The highest BCUT2D eigenvalue weighted by molar-refractivity contribution is 8.07. The molecule has 0 aromatic carbocycles. The van der Waals surface area contributed by atoms with Gasteiger partial charge in [-0.25, -0.2) is 0 Å². The smallest absolute Gasteiger partial charge is 0.0661 e. The molecule has 21 heavy (non-hydrogen) atoms. The Balaban J connectivity index is 1.40. The predicted molar refractivity (Wildman–Crippen MR) is 93.4 cm³/mol. The molecule has 1 spiro atoms. The molecule has 2 nitrogen and oxygen atoms in total. The second-order valence-corrected chi connectivity index (χ2v) is 9.90. The zero-order chi connectivity index (χ0) is 14.3. The lowest BCUT2D eigenvalue weighted by atomic mass is 9.60. The van der Waals surface area contributed by atoms with Crippen molar-refractivity contribution < 1.29 is 4.74 Å². The number of ether oxygens (including phenoxy) is 1. The molecule has 0 aromatic rings. The molecule has 1 N–H and O–H groups in total. The molecule has 0 aromatic heterocycles. The quantitative estimate of drug-likeness (QED) is 0.850. The fraction of sp³-hybridized carbons (Fsp3) is 1.00. The highest BCUT2D eigenvalue weighted by Crippen LogP contribution is 2.55. The van der Waals surface area contributed by atoms with Gasteiger partial charge in [-0.15, -0.1) is 0 Å². The minimum absolute atomic E-state index is 0.501. The molecule has 0 radical (unpaired) electrons. The summed E-state index contributed by atoms with van der Waals surface area (Å²) < 4.78 is 6.07. The Morgan fingerprint density at radius 1 is 1.14 bits per heavy atom. The molecule has 1 heterocycles. The Kier molecular flexibility index (Phi) is 4.52. The highest BCUT2D eigenvalue weighted by Gasteiger charge is 2.57. The van der Waals surface area contributed by atoms with Crippen LogP contribution in [-0.2, 0) is 4.74 Å². The van der Waals surface area contributed by atoms with Gasteiger partial charge in [-0.3, -0.25) is 0 Å². The van der Waals surface area contributed by atoms with E-state index in [1.807, 2.05) is 0 Å². The predicted octanol–water partition coefficient (Wildman–Crippen LogP) is 3.69. The van der Waals surface area contributed by atoms with Crippen LogP contribution in [-0.4, -0.2) is 46.8 Å². The summed E-state index contributed by atoms with van der Waals surface area (Å²) in [5.74, 6) is 2.74. The van der Waals surface area contributed by atoms with Crippen LogP contribution < -0.4 is 5.32 Å². The van der Waals surface area contributed by atoms with Crippen molar-refractivity contribution in [1.82, 2.24) is 5.32 Å². The summed E-state index contributed by atoms with van der Waals surface area (Å²) in [5.41, 5.74) is 0.501. The van der Waals surface area contributed by atoms with Gasteiger partial charge in [-0.05, 0) is 39.0 Å². The van der Waals surface area contributed by atoms with Gasteiger partial charge in [0, 0.05) is 46.1 Å². The lowest BCUT2D eigenvalue weighted by molar-refractivity contribution is -0.132. The molecule has 1 saturated heterocycles. The fourth-order valence-electron chi connectivity index (χ4n) is 5.27. The Hall–Kier alpha value is 0.620. The SMILES string of the molecule is CCOC1CC(NC2CCC3SCCSC23)C12CCCC2. The molecule has 0 bridgehead atoms. The van der Waals surface area contributed by atoms with Crippen molar-refractivity contribution in [3.63, 3.8) is 0 Å². The summed E-state index contributed by atoms with van der Waals surface area (Å²) in [6.45, 7) is 3.04. The van der Waals surface area contributed by atoms with Crippen LogP contribution in [0.2, 0.25) is 0 Å². The van der Waals surface area contributed by atoms with Gasteiger partial charge in [0.25, 0.3) is 0 Å². The maximum absolute atomic E-state index is 6.07. The van der Waals surface area contributed by atoms with Gasteiger partial charge in [0.2, 0.25) is 0 Å². The molecule has 4 fully saturated rings. The van der Waals surface area contributed by atoms with E-state index in [1.54, 1.807) is 0 Å². The van der Waals surface area contributed by atoms with Crippen molar-refractivity contribution in [1.29, 1.82) is 0 Å². The molecular formula is C17H29NOS2. The minimum atomic E-state index is 0.501. The van der Waals surface area contributed by atoms with E-state index in [2.05, 4.69) is 35.8 Å². The van der Waals surface area contributed by atoms with E-state index >= 15 is 0 Å². The maximum atomic E-state index is 6.07. The van der Waals surface area contributed by atoms with E-state index in [9.17, 15) is 0 Å². The molecule has 3 saturated carbocycles. The molecule has 5 atom stereocenters. The Morgan fingerprint density at radius 2 is 1.95 bits per heavy atom. The summed E-state index contributed by atoms with van der Waals surface area (Å²) >= 11 is 4.48. The normalized spacial score (nSPS) is 44.7. The molecule has 1 aliphatic heterocycles. The van der Waals surface area contributed by atoms with Gasteiger partial charge >= 0.3 is 0 Å². The van der Waals surface area contributed by atoms with Crippen LogP contribution in [0, 0.1) is 5.41 Å². The summed E-state index contributed by atoms with van der Waals surface area (Å²) in [6, 6.07) is 1.52. The zero-order valence-electron chi connectivity index (χ0n) is 13.2. The fourth-order valence-corrected chi connectivity index (χ4v) is 8.57. The second kappa shape index (κ2) is 6.26. The third-order valence-electron chi connectivity index (χ3n) is 6.35. The molecule has 120 valence electrons. The molecule has 4 heteroatoms. The van der Waals surface area contributed by atoms with E-state index < -0.39 is 0 Å². The summed E-state index contributed by atoms with van der Waals surface area (Å²) in [6.07, 6.45) is 10.3. The van der Waals surface area contributed by atoms with Crippen molar-refractivity contribution in [2.75, 3.05) is 18.1 Å². The number of thioether (sulfide) groups is 2. The van der Waals surface area contributed by atoms with Crippen LogP contribution in [0.4, 0.5) is 0 Å². The standard InChI is InChI=1S/C17H29NOS2/c1-2-19-15-11-14(17(15)7-3-4-8-17)18-12-5-6-13-16(12)21-10-9-20-13/h12-16,18H,2-11H2,1H3. The first kappa shape index (κ1) is 15.2. The zero-order valence-corrected chi connectivity index (χ0v) is 14.8. The number of rotatable bonds is 4. The van der Waals surface area contributed by atoms with Crippen LogP contribution in [0.3, 0.4) is 0 Å². The highest BCUT2D eigenvalue weighted by atomic mass is 32.2. The molecule has 4 aliphatic rings. The van der Waals surface area contributed by atoms with Crippen molar-refractivity contribution in [2.24, 2.45) is 5.41 Å². The molecule has 5 unspecified atom stereocenters. The van der Waals surface area contributed by atoms with Crippen LogP contribution in [0.5, 0.6) is 0 Å². The van der Waals surface area contributed by atoms with Gasteiger partial charge in [0.1, 0.15) is 0 Å². The average molecular weight is 328 g/mol. The average Bonchev–Trinajstić information content (AvgIpc) is 3.15. The van der Waals surface area contributed by atoms with E-state index in [1.165, 1.54) is 56.5 Å². The summed E-state index contributed by atoms with van der Waals surface area (Å²) in [4.78, 5) is 0. The van der Waals surface area contributed by atoms with Crippen molar-refractivity contribution in [2.45, 2.75) is 80.6 Å². The van der Waals surface area contributed by atoms with Crippen LogP contribution in [0.25, 0.3) is 0 Å². The van der Waals surface area contributed by atoms with Crippen molar-refractivity contribution in [3.05, 3.63) is 0 Å². The Labute approximate surface area is 137 Å².